The fourth-order valence-electron chi connectivity index (χ4n) is 2.25. The van der Waals surface area contributed by atoms with Gasteiger partial charge >= 0.3 is 0 Å². The molecule has 2 heterocycles. The molecule has 0 aliphatic carbocycles. The van der Waals surface area contributed by atoms with Gasteiger partial charge in [0.1, 0.15) is 5.75 Å². The minimum Gasteiger partial charge on any atom is -0.497 e. The Morgan fingerprint density at radius 2 is 2.12 bits per heavy atom. The van der Waals surface area contributed by atoms with Crippen LogP contribution in [0.5, 0.6) is 5.75 Å². The molecule has 24 heavy (non-hydrogen) atoms. The molecule has 126 valence electrons. The lowest BCUT2D eigenvalue weighted by molar-refractivity contribution is 0.0958. The van der Waals surface area contributed by atoms with Gasteiger partial charge in [-0.05, 0) is 44.4 Å². The first-order valence-electron chi connectivity index (χ1n) is 7.53. The Morgan fingerprint density at radius 1 is 1.29 bits per heavy atom. The van der Waals surface area contributed by atoms with Crippen molar-refractivity contribution in [2.45, 2.75) is 0 Å². The monoisotopic (exact) mass is 345 g/mol. The van der Waals surface area contributed by atoms with Crippen molar-refractivity contribution in [3.8, 4) is 5.75 Å². The normalized spacial score (nSPS) is 11.2. The van der Waals surface area contributed by atoms with E-state index in [9.17, 15) is 4.79 Å². The summed E-state index contributed by atoms with van der Waals surface area (Å²) < 4.78 is 11.5. The number of hydrogen-bond donors (Lipinski definition) is 0. The van der Waals surface area contributed by atoms with Crippen LogP contribution in [-0.2, 0) is 0 Å². The van der Waals surface area contributed by atoms with Gasteiger partial charge in [0.15, 0.2) is 10.9 Å². The zero-order valence-corrected chi connectivity index (χ0v) is 14.7. The summed E-state index contributed by atoms with van der Waals surface area (Å²) in [6.45, 7) is 1.26. The van der Waals surface area contributed by atoms with E-state index in [1.165, 1.54) is 17.6 Å². The predicted molar refractivity (Wildman–Crippen MR) is 95.1 cm³/mol. The van der Waals surface area contributed by atoms with Gasteiger partial charge in [0.2, 0.25) is 0 Å². The number of amides is 1. The van der Waals surface area contributed by atoms with Crippen LogP contribution in [0, 0.1) is 0 Å². The fraction of sp³-hybridized carbons (Fsp3) is 0.294. The van der Waals surface area contributed by atoms with Crippen molar-refractivity contribution in [2.24, 2.45) is 0 Å². The highest BCUT2D eigenvalue weighted by Crippen LogP contribution is 2.32. The number of methoxy groups -OCH3 is 1. The molecule has 0 radical (unpaired) electrons. The summed E-state index contributed by atoms with van der Waals surface area (Å²) in [5.74, 6) is 0.897. The highest BCUT2D eigenvalue weighted by molar-refractivity contribution is 7.22. The Kier molecular flexibility index (Phi) is 4.82. The maximum absolute atomic E-state index is 12.8. The molecule has 6 nitrogen and oxygen atoms in total. The number of rotatable bonds is 6. The van der Waals surface area contributed by atoms with Crippen LogP contribution in [0.25, 0.3) is 10.2 Å². The molecule has 0 saturated heterocycles. The fourth-order valence-corrected chi connectivity index (χ4v) is 3.27. The summed E-state index contributed by atoms with van der Waals surface area (Å²) in [6.07, 6.45) is 1.50. The molecule has 0 atom stereocenters. The Hall–Kier alpha value is -2.38. The first-order chi connectivity index (χ1) is 11.6. The van der Waals surface area contributed by atoms with Gasteiger partial charge in [0.05, 0.1) is 23.6 Å². The number of carbonyl (C=O) groups excluding carboxylic acids is 1. The third-order valence-electron chi connectivity index (χ3n) is 3.56. The molecule has 7 heteroatoms. The number of thiazole rings is 1. The quantitative estimate of drug-likeness (QED) is 0.687. The molecule has 0 N–H and O–H groups in total. The summed E-state index contributed by atoms with van der Waals surface area (Å²) in [4.78, 5) is 21.1. The van der Waals surface area contributed by atoms with Crippen molar-refractivity contribution in [1.29, 1.82) is 0 Å². The first kappa shape index (κ1) is 16.5. The van der Waals surface area contributed by atoms with Crippen molar-refractivity contribution >= 4 is 32.6 Å². The number of likely N-dealkylation sites (N-methyl/N-ethyl adjacent to an activating group) is 1. The molecule has 0 aliphatic heterocycles. The molecule has 0 bridgehead atoms. The lowest BCUT2D eigenvalue weighted by atomic mass is 10.3. The van der Waals surface area contributed by atoms with Crippen LogP contribution in [0.1, 0.15) is 10.6 Å². The molecular weight excluding hydrogens is 326 g/mol. The van der Waals surface area contributed by atoms with E-state index in [2.05, 4.69) is 4.98 Å². The second kappa shape index (κ2) is 7.02. The van der Waals surface area contributed by atoms with E-state index in [1.54, 1.807) is 24.1 Å². The molecule has 3 rings (SSSR count). The first-order valence-corrected chi connectivity index (χ1v) is 8.35. The van der Waals surface area contributed by atoms with E-state index >= 15 is 0 Å². The molecule has 0 saturated carbocycles. The van der Waals surface area contributed by atoms with Gasteiger partial charge in [0.25, 0.3) is 5.91 Å². The molecule has 2 aromatic heterocycles. The second-order valence-corrected chi connectivity index (χ2v) is 6.58. The van der Waals surface area contributed by atoms with Gasteiger partial charge in [-0.1, -0.05) is 11.3 Å². The van der Waals surface area contributed by atoms with Gasteiger partial charge in [0, 0.05) is 13.1 Å². The van der Waals surface area contributed by atoms with E-state index in [0.29, 0.717) is 17.4 Å². The number of nitrogens with zero attached hydrogens (tertiary/aromatic N) is 3. The summed E-state index contributed by atoms with van der Waals surface area (Å²) in [7, 11) is 5.57. The van der Waals surface area contributed by atoms with Crippen LogP contribution in [0.15, 0.2) is 41.0 Å². The number of aromatic nitrogens is 1. The summed E-state index contributed by atoms with van der Waals surface area (Å²) in [5, 5.41) is 0.654. The molecular formula is C17H19N3O3S. The van der Waals surface area contributed by atoms with Gasteiger partial charge in [-0.3, -0.25) is 9.69 Å². The number of hydrogen-bond acceptors (Lipinski definition) is 6. The van der Waals surface area contributed by atoms with E-state index in [-0.39, 0.29) is 5.91 Å². The van der Waals surface area contributed by atoms with Crippen LogP contribution < -0.4 is 9.64 Å². The van der Waals surface area contributed by atoms with Crippen molar-refractivity contribution in [1.82, 2.24) is 9.88 Å². The van der Waals surface area contributed by atoms with Crippen LogP contribution in [0.4, 0.5) is 5.13 Å². The van der Waals surface area contributed by atoms with Gasteiger partial charge in [-0.25, -0.2) is 4.98 Å². The molecule has 0 spiro atoms. The number of benzene rings is 1. The minimum absolute atomic E-state index is 0.187. The van der Waals surface area contributed by atoms with E-state index in [1.807, 2.05) is 37.2 Å². The lowest BCUT2D eigenvalue weighted by Crippen LogP contribution is -2.36. The molecule has 0 aliphatic rings. The maximum atomic E-state index is 12.8. The van der Waals surface area contributed by atoms with Gasteiger partial charge in [-0.15, -0.1) is 0 Å². The molecule has 1 aromatic carbocycles. The van der Waals surface area contributed by atoms with E-state index in [0.717, 1.165) is 22.5 Å². The van der Waals surface area contributed by atoms with Crippen molar-refractivity contribution in [2.75, 3.05) is 39.2 Å². The van der Waals surface area contributed by atoms with Gasteiger partial charge in [-0.2, -0.15) is 0 Å². The van der Waals surface area contributed by atoms with Crippen LogP contribution in [-0.4, -0.2) is 50.1 Å². The average molecular weight is 345 g/mol. The SMILES string of the molecule is COc1ccc2nc(N(CCN(C)C)C(=O)c3ccco3)sc2c1. The van der Waals surface area contributed by atoms with Gasteiger partial charge < -0.3 is 14.1 Å². The van der Waals surface area contributed by atoms with E-state index in [4.69, 9.17) is 9.15 Å². The van der Waals surface area contributed by atoms with Crippen LogP contribution in [0.2, 0.25) is 0 Å². The number of carbonyl (C=O) groups is 1. The zero-order chi connectivity index (χ0) is 17.1. The van der Waals surface area contributed by atoms with E-state index < -0.39 is 0 Å². The smallest absolute Gasteiger partial charge is 0.295 e. The maximum Gasteiger partial charge on any atom is 0.295 e. The largest absolute Gasteiger partial charge is 0.497 e. The van der Waals surface area contributed by atoms with Crippen molar-refractivity contribution in [3.05, 3.63) is 42.4 Å². The predicted octanol–water partition coefficient (Wildman–Crippen LogP) is 3.11. The Morgan fingerprint density at radius 3 is 2.79 bits per heavy atom. The third-order valence-corrected chi connectivity index (χ3v) is 4.60. The third kappa shape index (κ3) is 3.42. The standard InChI is InChI=1S/C17H19N3O3S/c1-19(2)8-9-20(16(21)14-5-4-10-23-14)17-18-13-7-6-12(22-3)11-15(13)24-17/h4-7,10-11H,8-9H2,1-3H3. The number of anilines is 1. The summed E-state index contributed by atoms with van der Waals surface area (Å²) in [5.41, 5.74) is 0.845. The van der Waals surface area contributed by atoms with Crippen molar-refractivity contribution in [3.63, 3.8) is 0 Å². The highest BCUT2D eigenvalue weighted by atomic mass is 32.1. The average Bonchev–Trinajstić information content (AvgIpc) is 3.23. The molecule has 0 fully saturated rings. The Balaban J connectivity index is 1.96. The second-order valence-electron chi connectivity index (χ2n) is 5.57. The molecule has 0 unspecified atom stereocenters. The number of ether oxygens (including phenoxy) is 1. The van der Waals surface area contributed by atoms with Crippen LogP contribution >= 0.6 is 11.3 Å². The Bertz CT molecular complexity index is 827. The summed E-state index contributed by atoms with van der Waals surface area (Å²) >= 11 is 1.47. The lowest BCUT2D eigenvalue weighted by Gasteiger charge is -2.20. The van der Waals surface area contributed by atoms with Crippen LogP contribution in [0.3, 0.4) is 0 Å². The minimum atomic E-state index is -0.187. The van der Waals surface area contributed by atoms with Crippen molar-refractivity contribution < 1.29 is 13.9 Å². The topological polar surface area (TPSA) is 58.8 Å². The molecule has 3 aromatic rings. The number of fused-ring (bicyclic) bond motifs is 1. The zero-order valence-electron chi connectivity index (χ0n) is 13.9. The Labute approximate surface area is 144 Å². The highest BCUT2D eigenvalue weighted by Gasteiger charge is 2.23. The molecule has 1 amide bonds. The summed E-state index contributed by atoms with van der Waals surface area (Å²) in [6, 6.07) is 9.07. The number of furan rings is 1.